The van der Waals surface area contributed by atoms with Crippen LogP contribution >= 0.6 is 11.8 Å². The summed E-state index contributed by atoms with van der Waals surface area (Å²) in [5, 5.41) is 10.8. The van der Waals surface area contributed by atoms with Crippen LogP contribution in [0.3, 0.4) is 0 Å². The number of benzene rings is 2. The Labute approximate surface area is 302 Å². The molecule has 0 aliphatic heterocycles. The topological polar surface area (TPSA) is 140 Å². The van der Waals surface area contributed by atoms with E-state index >= 15 is 0 Å². The van der Waals surface area contributed by atoms with Gasteiger partial charge in [-0.3, -0.25) is 14.4 Å². The zero-order chi connectivity index (χ0) is 36.2. The van der Waals surface area contributed by atoms with Crippen molar-refractivity contribution in [1.82, 2.24) is 15.6 Å². The number of hydrogen-bond donors (Lipinski definition) is 4. The Bertz CT molecular complexity index is 2010. The number of amides is 2. The number of hydrogen-bond acceptors (Lipinski definition) is 9. The Hall–Kier alpha value is -4.84. The molecule has 1 heterocycles. The Morgan fingerprint density at radius 3 is 2.43 bits per heavy atom. The minimum atomic E-state index is -0.667. The molecule has 0 saturated heterocycles. The highest BCUT2D eigenvalue weighted by molar-refractivity contribution is 7.98. The fourth-order valence-electron chi connectivity index (χ4n) is 7.50. The molecular formula is C39H46N4O7S. The zero-order valence-corrected chi connectivity index (χ0v) is 30.8. The maximum absolute atomic E-state index is 14.1. The molecule has 3 aromatic carbocycles. The monoisotopic (exact) mass is 714 g/mol. The molecule has 11 nitrogen and oxygen atoms in total. The van der Waals surface area contributed by atoms with Crippen molar-refractivity contribution in [2.45, 2.75) is 63.6 Å². The molecule has 0 unspecified atom stereocenters. The van der Waals surface area contributed by atoms with Crippen molar-refractivity contribution in [2.75, 3.05) is 45.8 Å². The van der Waals surface area contributed by atoms with Gasteiger partial charge in [-0.15, -0.1) is 0 Å². The summed E-state index contributed by atoms with van der Waals surface area (Å²) in [6.45, 7) is 1.47. The fraction of sp³-hybridized carbons (Fsp3) is 0.410. The first-order valence-electron chi connectivity index (χ1n) is 17.2. The van der Waals surface area contributed by atoms with Gasteiger partial charge in [0.05, 0.1) is 46.2 Å². The van der Waals surface area contributed by atoms with Crippen molar-refractivity contribution in [3.63, 3.8) is 0 Å². The van der Waals surface area contributed by atoms with Crippen LogP contribution in [0.1, 0.15) is 67.1 Å². The second-order valence-corrected chi connectivity index (χ2v) is 13.9. The number of rotatable bonds is 12. The van der Waals surface area contributed by atoms with Crippen LogP contribution < -0.4 is 40.3 Å². The second-order valence-electron chi connectivity index (χ2n) is 13.0. The highest BCUT2D eigenvalue weighted by Gasteiger charge is 2.31. The van der Waals surface area contributed by atoms with Gasteiger partial charge in [-0.1, -0.05) is 6.07 Å². The van der Waals surface area contributed by atoms with Crippen LogP contribution in [0.4, 0.5) is 5.69 Å². The Balaban J connectivity index is 1.37. The van der Waals surface area contributed by atoms with Crippen molar-refractivity contribution in [3.05, 3.63) is 75.1 Å². The van der Waals surface area contributed by atoms with E-state index < -0.39 is 12.1 Å². The normalized spacial score (nSPS) is 16.8. The van der Waals surface area contributed by atoms with Crippen molar-refractivity contribution >= 4 is 40.2 Å². The highest BCUT2D eigenvalue weighted by Crippen LogP contribution is 2.50. The quantitative estimate of drug-likeness (QED) is 0.138. The summed E-state index contributed by atoms with van der Waals surface area (Å²) in [6, 6.07) is 11.8. The van der Waals surface area contributed by atoms with Gasteiger partial charge in [0.1, 0.15) is 11.8 Å². The summed E-state index contributed by atoms with van der Waals surface area (Å²) in [4.78, 5) is 44.1. The molecule has 3 atom stereocenters. The van der Waals surface area contributed by atoms with E-state index in [2.05, 4.69) is 20.9 Å². The van der Waals surface area contributed by atoms with Crippen molar-refractivity contribution in [1.29, 1.82) is 0 Å². The number of carbonyl (C=O) groups excluding carboxylic acids is 2. The molecule has 2 amide bonds. The SMILES string of the molecule is COc1ccc2[nH]c3c(c2c1)CCC[C@@H]3NC(=O)[C@H](CCSC)Nc1ccc2c(cc1=O)[C@@H](NC(C)=O)CCc1cc(OC)c(OC)c(OC)c1-2. The third-order valence-corrected chi connectivity index (χ3v) is 10.5. The van der Waals surface area contributed by atoms with E-state index in [9.17, 15) is 14.4 Å². The van der Waals surface area contributed by atoms with Gasteiger partial charge in [-0.2, -0.15) is 11.8 Å². The number of anilines is 1. The van der Waals surface area contributed by atoms with Gasteiger partial charge in [-0.25, -0.2) is 0 Å². The number of H-pyrrole nitrogens is 1. The molecule has 0 saturated carbocycles. The van der Waals surface area contributed by atoms with Crippen molar-refractivity contribution in [3.8, 4) is 34.1 Å². The van der Waals surface area contributed by atoms with Crippen LogP contribution in [0.2, 0.25) is 0 Å². The molecule has 2 aliphatic carbocycles. The molecule has 51 heavy (non-hydrogen) atoms. The summed E-state index contributed by atoms with van der Waals surface area (Å²) in [5.74, 6) is 2.57. The molecule has 270 valence electrons. The fourth-order valence-corrected chi connectivity index (χ4v) is 7.98. The van der Waals surface area contributed by atoms with Gasteiger partial charge in [0, 0.05) is 29.1 Å². The van der Waals surface area contributed by atoms with E-state index in [0.717, 1.165) is 58.3 Å². The van der Waals surface area contributed by atoms with E-state index in [1.54, 1.807) is 52.3 Å². The standard InChI is InChI=1S/C39H46N4O7S/c1-21(44)40-28-13-10-22-18-34(48-3)37(49-4)38(50-5)35(22)24-12-15-30(33(45)20-27(24)28)41-32(16-17-51-6)39(46)43-31-9-7-8-25-26-19-23(47-2)11-14-29(26)42-36(25)31/h11-12,14-15,18-20,28,31-32,42H,7-10,13,16-17H2,1-6H3,(H,40,44)(H,41,45)(H,43,46)/t28-,31-,32-/m0/s1. The average molecular weight is 715 g/mol. The number of thioether (sulfide) groups is 1. The predicted molar refractivity (Wildman–Crippen MR) is 202 cm³/mol. The number of carbonyl (C=O) groups is 2. The molecule has 0 radical (unpaired) electrons. The second kappa shape index (κ2) is 15.6. The van der Waals surface area contributed by atoms with Crippen molar-refractivity contribution in [2.24, 2.45) is 0 Å². The average Bonchev–Trinajstić information content (AvgIpc) is 3.35. The Kier molecular flexibility index (Phi) is 11.0. The molecule has 4 N–H and O–H groups in total. The van der Waals surface area contributed by atoms with Gasteiger partial charge in [-0.05, 0) is 109 Å². The summed E-state index contributed by atoms with van der Waals surface area (Å²) in [5.41, 5.74) is 6.30. The minimum Gasteiger partial charge on any atom is -0.497 e. The molecule has 6 rings (SSSR count). The van der Waals surface area contributed by atoms with E-state index in [0.29, 0.717) is 47.8 Å². The number of aromatic nitrogens is 1. The maximum atomic E-state index is 14.1. The number of aryl methyl sites for hydroxylation is 2. The third kappa shape index (κ3) is 7.19. The smallest absolute Gasteiger partial charge is 0.243 e. The number of ether oxygens (including phenoxy) is 4. The highest BCUT2D eigenvalue weighted by atomic mass is 32.2. The minimum absolute atomic E-state index is 0.175. The van der Waals surface area contributed by atoms with Gasteiger partial charge >= 0.3 is 0 Å². The molecule has 0 fully saturated rings. The van der Waals surface area contributed by atoms with Crippen LogP contribution in [0, 0.1) is 0 Å². The number of aromatic amines is 1. The first-order chi connectivity index (χ1) is 24.7. The van der Waals surface area contributed by atoms with Gasteiger partial charge in [0.2, 0.25) is 23.0 Å². The first-order valence-corrected chi connectivity index (χ1v) is 18.6. The predicted octanol–water partition coefficient (Wildman–Crippen LogP) is 6.08. The molecule has 1 aromatic heterocycles. The lowest BCUT2D eigenvalue weighted by Gasteiger charge is -2.27. The van der Waals surface area contributed by atoms with Gasteiger partial charge in [0.25, 0.3) is 0 Å². The molecule has 2 aliphatic rings. The van der Waals surface area contributed by atoms with Crippen LogP contribution in [-0.4, -0.2) is 63.3 Å². The van der Waals surface area contributed by atoms with Crippen LogP contribution in [0.25, 0.3) is 22.0 Å². The summed E-state index contributed by atoms with van der Waals surface area (Å²) < 4.78 is 22.7. The zero-order valence-electron chi connectivity index (χ0n) is 30.0. The van der Waals surface area contributed by atoms with Gasteiger partial charge < -0.3 is 39.9 Å². The lowest BCUT2D eigenvalue weighted by Crippen LogP contribution is -2.43. The Morgan fingerprint density at radius 1 is 0.922 bits per heavy atom. The van der Waals surface area contributed by atoms with Crippen LogP contribution in [0.15, 0.2) is 47.3 Å². The summed E-state index contributed by atoms with van der Waals surface area (Å²) in [7, 11) is 6.35. The van der Waals surface area contributed by atoms with E-state index in [1.807, 2.05) is 36.6 Å². The van der Waals surface area contributed by atoms with Gasteiger partial charge in [0.15, 0.2) is 11.5 Å². The molecule has 0 bridgehead atoms. The van der Waals surface area contributed by atoms with Crippen molar-refractivity contribution < 1.29 is 28.5 Å². The lowest BCUT2D eigenvalue weighted by atomic mass is 9.91. The van der Waals surface area contributed by atoms with E-state index in [1.165, 1.54) is 12.5 Å². The largest absolute Gasteiger partial charge is 0.497 e. The Morgan fingerprint density at radius 2 is 1.73 bits per heavy atom. The number of methoxy groups -OCH3 is 4. The molecule has 0 spiro atoms. The maximum Gasteiger partial charge on any atom is 0.243 e. The summed E-state index contributed by atoms with van der Waals surface area (Å²) in [6.07, 6.45) is 6.31. The van der Waals surface area contributed by atoms with Crippen LogP contribution in [-0.2, 0) is 22.4 Å². The van der Waals surface area contributed by atoms with E-state index in [-0.39, 0.29) is 29.0 Å². The first kappa shape index (κ1) is 36.0. The van der Waals surface area contributed by atoms with Crippen LogP contribution in [0.5, 0.6) is 23.0 Å². The molecular weight excluding hydrogens is 669 g/mol. The lowest BCUT2D eigenvalue weighted by molar-refractivity contribution is -0.123. The molecule has 4 aromatic rings. The summed E-state index contributed by atoms with van der Waals surface area (Å²) >= 11 is 1.64. The number of nitrogens with one attached hydrogen (secondary N) is 4. The third-order valence-electron chi connectivity index (χ3n) is 9.90. The van der Waals surface area contributed by atoms with E-state index in [4.69, 9.17) is 18.9 Å². The number of fused-ring (bicyclic) bond motifs is 6. The molecule has 12 heteroatoms.